The summed E-state index contributed by atoms with van der Waals surface area (Å²) in [7, 11) is 0. The van der Waals surface area contributed by atoms with Crippen LogP contribution in [0.1, 0.15) is 38.8 Å². The molecule has 0 aliphatic carbocycles. The molecule has 0 saturated carbocycles. The van der Waals surface area contributed by atoms with Gasteiger partial charge in [0, 0.05) is 34.3 Å². The van der Waals surface area contributed by atoms with E-state index in [2.05, 4.69) is 16.4 Å². The maximum atomic E-state index is 13.3. The number of carbonyl (C=O) groups excluding carboxylic acids is 2. The Bertz CT molecular complexity index is 1290. The Kier molecular flexibility index (Phi) is 5.23. The quantitative estimate of drug-likeness (QED) is 0.483. The Morgan fingerprint density at radius 3 is 2.53 bits per heavy atom. The fraction of sp³-hybridized carbons (Fsp3) is 0.185. The van der Waals surface area contributed by atoms with Crippen molar-refractivity contribution in [2.24, 2.45) is 0 Å². The van der Waals surface area contributed by atoms with E-state index >= 15 is 0 Å². The minimum absolute atomic E-state index is 0.0198. The lowest BCUT2D eigenvalue weighted by molar-refractivity contribution is -0.122. The van der Waals surface area contributed by atoms with Crippen LogP contribution in [0.15, 0.2) is 78.9 Å². The summed E-state index contributed by atoms with van der Waals surface area (Å²) in [6.07, 6.45) is 0.756. The van der Waals surface area contributed by atoms with Crippen molar-refractivity contribution in [1.82, 2.24) is 15.2 Å². The van der Waals surface area contributed by atoms with Gasteiger partial charge in [-0.3, -0.25) is 9.59 Å². The predicted molar refractivity (Wildman–Crippen MR) is 126 cm³/mol. The van der Waals surface area contributed by atoms with Crippen LogP contribution in [0.25, 0.3) is 10.9 Å². The lowest BCUT2D eigenvalue weighted by Gasteiger charge is -2.25. The molecule has 3 aromatic carbocycles. The highest BCUT2D eigenvalue weighted by Crippen LogP contribution is 2.42. The van der Waals surface area contributed by atoms with E-state index in [4.69, 9.17) is 0 Å². The van der Waals surface area contributed by atoms with Gasteiger partial charge in [-0.2, -0.15) is 0 Å². The number of fused-ring (bicyclic) bond motifs is 2. The van der Waals surface area contributed by atoms with Crippen molar-refractivity contribution in [1.29, 1.82) is 0 Å². The van der Waals surface area contributed by atoms with Crippen LogP contribution in [0.5, 0.6) is 0 Å². The summed E-state index contributed by atoms with van der Waals surface area (Å²) in [5.41, 5.74) is 5.88. The van der Waals surface area contributed by atoms with Gasteiger partial charge in [0.05, 0.1) is 6.04 Å². The Morgan fingerprint density at radius 1 is 0.969 bits per heavy atom. The predicted octanol–water partition coefficient (Wildman–Crippen LogP) is 4.38. The van der Waals surface area contributed by atoms with Gasteiger partial charge in [0.15, 0.2) is 0 Å². The van der Waals surface area contributed by atoms with Crippen LogP contribution in [-0.4, -0.2) is 34.8 Å². The van der Waals surface area contributed by atoms with Crippen molar-refractivity contribution in [3.63, 3.8) is 0 Å². The normalized spacial score (nSPS) is 15.2. The Labute approximate surface area is 187 Å². The fourth-order valence-electron chi connectivity index (χ4n) is 4.70. The summed E-state index contributed by atoms with van der Waals surface area (Å²) in [5, 5.41) is 4.06. The van der Waals surface area contributed by atoms with E-state index in [0.717, 1.165) is 34.1 Å². The van der Waals surface area contributed by atoms with Gasteiger partial charge in [0.2, 0.25) is 5.91 Å². The van der Waals surface area contributed by atoms with Gasteiger partial charge >= 0.3 is 0 Å². The summed E-state index contributed by atoms with van der Waals surface area (Å²) >= 11 is 0. The van der Waals surface area contributed by atoms with E-state index in [0.29, 0.717) is 12.1 Å². The number of aromatic nitrogens is 1. The number of benzene rings is 3. The highest BCUT2D eigenvalue weighted by molar-refractivity contribution is 6.02. The SMILES string of the molecule is Cc1[nH]c2ccccc2c1[C@@H]1c2ccccc2C(=O)N1CC(=O)NCCc1ccccc1. The largest absolute Gasteiger partial charge is 0.358 e. The molecule has 0 bridgehead atoms. The van der Waals surface area contributed by atoms with Gasteiger partial charge in [0.1, 0.15) is 6.54 Å². The first-order valence-corrected chi connectivity index (χ1v) is 10.9. The average Bonchev–Trinajstić information content (AvgIpc) is 3.28. The van der Waals surface area contributed by atoms with E-state index in [-0.39, 0.29) is 24.4 Å². The number of hydrogen-bond donors (Lipinski definition) is 2. The van der Waals surface area contributed by atoms with Gasteiger partial charge < -0.3 is 15.2 Å². The van der Waals surface area contributed by atoms with Crippen LogP contribution in [0, 0.1) is 6.92 Å². The van der Waals surface area contributed by atoms with Crippen LogP contribution in [0.3, 0.4) is 0 Å². The van der Waals surface area contributed by atoms with Crippen LogP contribution in [-0.2, 0) is 11.2 Å². The molecule has 0 fully saturated rings. The van der Waals surface area contributed by atoms with Gasteiger partial charge in [-0.05, 0) is 36.6 Å². The molecule has 5 nitrogen and oxygen atoms in total. The van der Waals surface area contributed by atoms with Gasteiger partial charge in [-0.15, -0.1) is 0 Å². The Morgan fingerprint density at radius 2 is 1.69 bits per heavy atom. The smallest absolute Gasteiger partial charge is 0.255 e. The zero-order valence-electron chi connectivity index (χ0n) is 18.0. The zero-order valence-corrected chi connectivity index (χ0v) is 18.0. The lowest BCUT2D eigenvalue weighted by Crippen LogP contribution is -2.40. The molecule has 0 unspecified atom stereocenters. The van der Waals surface area contributed by atoms with Crippen molar-refractivity contribution < 1.29 is 9.59 Å². The molecule has 2 amide bonds. The first-order valence-electron chi connectivity index (χ1n) is 10.9. The third kappa shape index (κ3) is 3.56. The second kappa shape index (κ2) is 8.35. The summed E-state index contributed by atoms with van der Waals surface area (Å²) in [6, 6.07) is 25.5. The molecule has 2 N–H and O–H groups in total. The highest BCUT2D eigenvalue weighted by atomic mass is 16.2. The number of aromatic amines is 1. The number of para-hydroxylation sites is 1. The highest BCUT2D eigenvalue weighted by Gasteiger charge is 2.40. The summed E-state index contributed by atoms with van der Waals surface area (Å²) in [4.78, 5) is 31.3. The van der Waals surface area contributed by atoms with Crippen molar-refractivity contribution in [2.45, 2.75) is 19.4 Å². The molecule has 160 valence electrons. The molecule has 0 spiro atoms. The number of H-pyrrole nitrogens is 1. The van der Waals surface area contributed by atoms with Crippen LogP contribution < -0.4 is 5.32 Å². The van der Waals surface area contributed by atoms with Crippen molar-refractivity contribution in [3.8, 4) is 0 Å². The molecule has 1 aromatic heterocycles. The summed E-state index contributed by atoms with van der Waals surface area (Å²) < 4.78 is 0. The number of rotatable bonds is 6. The summed E-state index contributed by atoms with van der Waals surface area (Å²) in [6.45, 7) is 2.58. The minimum Gasteiger partial charge on any atom is -0.358 e. The number of nitrogens with zero attached hydrogens (tertiary/aromatic N) is 1. The topological polar surface area (TPSA) is 65.2 Å². The molecule has 0 radical (unpaired) electrons. The first-order chi connectivity index (χ1) is 15.6. The van der Waals surface area contributed by atoms with Gasteiger partial charge in [-0.1, -0.05) is 66.7 Å². The maximum absolute atomic E-state index is 13.3. The molecular weight excluding hydrogens is 398 g/mol. The van der Waals surface area contributed by atoms with E-state index in [9.17, 15) is 9.59 Å². The fourth-order valence-corrected chi connectivity index (χ4v) is 4.70. The molecule has 2 heterocycles. The standard InChI is InChI=1S/C27H25N3O2/c1-18-25(22-13-7-8-14-23(22)29-18)26-20-11-5-6-12-21(20)27(32)30(26)17-24(31)28-16-15-19-9-3-2-4-10-19/h2-14,26,29H,15-17H2,1H3,(H,28,31)/t26-/m0/s1. The number of hydrogen-bond acceptors (Lipinski definition) is 2. The van der Waals surface area contributed by atoms with E-state index in [1.807, 2.05) is 79.7 Å². The summed E-state index contributed by atoms with van der Waals surface area (Å²) in [5.74, 6) is -0.252. The van der Waals surface area contributed by atoms with Crippen molar-refractivity contribution in [3.05, 3.63) is 107 Å². The molecule has 5 rings (SSSR count). The molecule has 1 atom stereocenters. The maximum Gasteiger partial charge on any atom is 0.255 e. The van der Waals surface area contributed by atoms with E-state index < -0.39 is 0 Å². The van der Waals surface area contributed by atoms with Crippen LogP contribution in [0.2, 0.25) is 0 Å². The molecule has 1 aliphatic heterocycles. The van der Waals surface area contributed by atoms with Crippen LogP contribution in [0.4, 0.5) is 0 Å². The van der Waals surface area contributed by atoms with Crippen molar-refractivity contribution in [2.75, 3.05) is 13.1 Å². The van der Waals surface area contributed by atoms with Gasteiger partial charge in [-0.25, -0.2) is 0 Å². The van der Waals surface area contributed by atoms with Gasteiger partial charge in [0.25, 0.3) is 5.91 Å². The third-order valence-electron chi connectivity index (χ3n) is 6.17. The molecule has 4 aromatic rings. The van der Waals surface area contributed by atoms with Crippen LogP contribution >= 0.6 is 0 Å². The Hall–Kier alpha value is -3.86. The Balaban J connectivity index is 1.42. The zero-order chi connectivity index (χ0) is 22.1. The second-order valence-electron chi connectivity index (χ2n) is 8.22. The molecule has 32 heavy (non-hydrogen) atoms. The number of carbonyl (C=O) groups is 2. The van der Waals surface area contributed by atoms with Crippen molar-refractivity contribution >= 4 is 22.7 Å². The third-order valence-corrected chi connectivity index (χ3v) is 6.17. The average molecular weight is 424 g/mol. The monoisotopic (exact) mass is 423 g/mol. The first kappa shape index (κ1) is 20.1. The molecule has 1 aliphatic rings. The molecule has 0 saturated heterocycles. The number of amides is 2. The molecular formula is C27H25N3O2. The second-order valence-corrected chi connectivity index (χ2v) is 8.22. The molecule has 5 heteroatoms. The van der Waals surface area contributed by atoms with E-state index in [1.54, 1.807) is 4.90 Å². The minimum atomic E-state index is -0.297. The number of nitrogens with one attached hydrogen (secondary N) is 2. The lowest BCUT2D eigenvalue weighted by atomic mass is 9.95. The number of aryl methyl sites for hydroxylation is 1. The van der Waals surface area contributed by atoms with E-state index in [1.165, 1.54) is 5.56 Å².